The predicted octanol–water partition coefficient (Wildman–Crippen LogP) is 2.33. The lowest BCUT2D eigenvalue weighted by atomic mass is 10.3. The van der Waals surface area contributed by atoms with Gasteiger partial charge in [-0.15, -0.1) is 0 Å². The van der Waals surface area contributed by atoms with Crippen LogP contribution in [0.3, 0.4) is 0 Å². The zero-order chi connectivity index (χ0) is 11.0. The summed E-state index contributed by atoms with van der Waals surface area (Å²) in [4.78, 5) is 11.6. The molecule has 0 aliphatic carbocycles. The second kappa shape index (κ2) is 6.49. The van der Waals surface area contributed by atoms with E-state index in [9.17, 15) is 4.79 Å². The molecule has 1 amide bonds. The first-order valence-electron chi connectivity index (χ1n) is 3.96. The number of anilines is 1. The van der Waals surface area contributed by atoms with E-state index < -0.39 is 6.09 Å². The van der Waals surface area contributed by atoms with Gasteiger partial charge in [0.15, 0.2) is 0 Å². The highest BCUT2D eigenvalue weighted by atomic mass is 16.4. The van der Waals surface area contributed by atoms with Crippen LogP contribution in [-0.4, -0.2) is 18.2 Å². The van der Waals surface area contributed by atoms with Crippen molar-refractivity contribution >= 4 is 11.8 Å². The van der Waals surface area contributed by atoms with E-state index in [-0.39, 0.29) is 0 Å². The van der Waals surface area contributed by atoms with Crippen molar-refractivity contribution in [2.75, 3.05) is 11.9 Å². The number of carboxylic acid groups (broad SMARTS) is 1. The summed E-state index contributed by atoms with van der Waals surface area (Å²) in [6, 6.07) is 10.7. The Morgan fingerprint density at radius 1 is 1.43 bits per heavy atom. The smallest absolute Gasteiger partial charge is 0.411 e. The topological polar surface area (TPSA) is 64.3 Å². The maximum absolute atomic E-state index is 10.4. The summed E-state index contributed by atoms with van der Waals surface area (Å²) >= 11 is 0. The second-order valence-electron chi connectivity index (χ2n) is 2.40. The van der Waals surface area contributed by atoms with Gasteiger partial charge in [-0.25, -0.2) is 4.79 Å². The highest BCUT2D eigenvalue weighted by molar-refractivity contribution is 5.85. The molecule has 1 N–H and O–H groups in total. The molecule has 0 bridgehead atoms. The molecular formula is C10H12N2O2. The lowest BCUT2D eigenvalue weighted by Gasteiger charge is -2.11. The van der Waals surface area contributed by atoms with Crippen molar-refractivity contribution in [2.45, 2.75) is 6.92 Å². The van der Waals surface area contributed by atoms with Crippen LogP contribution in [0.2, 0.25) is 0 Å². The molecule has 0 heterocycles. The van der Waals surface area contributed by atoms with Gasteiger partial charge in [-0.3, -0.25) is 4.90 Å². The van der Waals surface area contributed by atoms with E-state index in [0.717, 1.165) is 0 Å². The number of amides is 1. The normalized spacial score (nSPS) is 7.79. The highest BCUT2D eigenvalue weighted by Crippen LogP contribution is 2.10. The van der Waals surface area contributed by atoms with E-state index >= 15 is 0 Å². The van der Waals surface area contributed by atoms with Crippen LogP contribution in [0, 0.1) is 11.3 Å². The van der Waals surface area contributed by atoms with Gasteiger partial charge in [-0.1, -0.05) is 18.2 Å². The molecular weight excluding hydrogens is 180 g/mol. The van der Waals surface area contributed by atoms with Gasteiger partial charge in [0.25, 0.3) is 0 Å². The summed E-state index contributed by atoms with van der Waals surface area (Å²) in [6.07, 6.45) is -0.948. The lowest BCUT2D eigenvalue weighted by molar-refractivity contribution is 0.203. The van der Waals surface area contributed by atoms with Crippen LogP contribution in [0.15, 0.2) is 30.3 Å². The third-order valence-corrected chi connectivity index (χ3v) is 1.43. The number of hydrogen-bond acceptors (Lipinski definition) is 2. The van der Waals surface area contributed by atoms with Gasteiger partial charge >= 0.3 is 6.09 Å². The number of hydrogen-bond donors (Lipinski definition) is 1. The Bertz CT molecular complexity index is 317. The fourth-order valence-corrected chi connectivity index (χ4v) is 0.762. The zero-order valence-corrected chi connectivity index (χ0v) is 8.14. The molecule has 0 aliphatic rings. The number of rotatable bonds is 1. The van der Waals surface area contributed by atoms with Crippen molar-refractivity contribution in [3.63, 3.8) is 0 Å². The van der Waals surface area contributed by atoms with E-state index in [1.54, 1.807) is 30.3 Å². The molecule has 1 aromatic rings. The fraction of sp³-hybridized carbons (Fsp3) is 0.200. The molecule has 0 radical (unpaired) electrons. The minimum absolute atomic E-state index is 0.681. The third-order valence-electron chi connectivity index (χ3n) is 1.43. The quantitative estimate of drug-likeness (QED) is 0.742. The highest BCUT2D eigenvalue weighted by Gasteiger charge is 2.05. The molecule has 0 saturated carbocycles. The summed E-state index contributed by atoms with van der Waals surface area (Å²) < 4.78 is 0. The Labute approximate surface area is 83.0 Å². The van der Waals surface area contributed by atoms with Crippen LogP contribution in [-0.2, 0) is 0 Å². The van der Waals surface area contributed by atoms with Gasteiger partial charge in [0, 0.05) is 19.7 Å². The third kappa shape index (κ3) is 4.12. The van der Waals surface area contributed by atoms with Gasteiger partial charge in [0.05, 0.1) is 6.07 Å². The summed E-state index contributed by atoms with van der Waals surface area (Å²) in [5, 5.41) is 15.9. The number of nitriles is 1. The molecule has 0 aliphatic heterocycles. The Morgan fingerprint density at radius 2 is 1.86 bits per heavy atom. The number of carbonyl (C=O) groups is 1. The van der Waals surface area contributed by atoms with Crippen LogP contribution >= 0.6 is 0 Å². The molecule has 1 aromatic carbocycles. The minimum Gasteiger partial charge on any atom is -0.465 e. The predicted molar refractivity (Wildman–Crippen MR) is 54.2 cm³/mol. The largest absolute Gasteiger partial charge is 0.465 e. The van der Waals surface area contributed by atoms with Gasteiger partial charge in [-0.05, 0) is 12.1 Å². The number of nitrogens with zero attached hydrogens (tertiary/aromatic N) is 2. The fourth-order valence-electron chi connectivity index (χ4n) is 0.762. The maximum atomic E-state index is 10.4. The Balaban J connectivity index is 0.000000500. The van der Waals surface area contributed by atoms with Crippen molar-refractivity contribution in [1.82, 2.24) is 0 Å². The van der Waals surface area contributed by atoms with Gasteiger partial charge in [0.2, 0.25) is 0 Å². The number of para-hydroxylation sites is 1. The summed E-state index contributed by atoms with van der Waals surface area (Å²) in [5.41, 5.74) is 0.681. The van der Waals surface area contributed by atoms with Crippen LogP contribution < -0.4 is 4.90 Å². The monoisotopic (exact) mass is 192 g/mol. The Hall–Kier alpha value is -2.02. The van der Waals surface area contributed by atoms with Crippen LogP contribution in [0.25, 0.3) is 0 Å². The first kappa shape index (κ1) is 12.0. The molecule has 1 rings (SSSR count). The SMILES string of the molecule is CC#N.CN(C(=O)O)c1ccccc1. The lowest BCUT2D eigenvalue weighted by Crippen LogP contribution is -2.23. The first-order valence-corrected chi connectivity index (χ1v) is 3.96. The molecule has 4 nitrogen and oxygen atoms in total. The first-order chi connectivity index (χ1) is 6.63. The van der Waals surface area contributed by atoms with Crippen LogP contribution in [0.4, 0.5) is 10.5 Å². The minimum atomic E-state index is -0.948. The van der Waals surface area contributed by atoms with Gasteiger partial charge in [-0.2, -0.15) is 5.26 Å². The van der Waals surface area contributed by atoms with Crippen molar-refractivity contribution in [2.24, 2.45) is 0 Å². The zero-order valence-electron chi connectivity index (χ0n) is 8.14. The molecule has 4 heteroatoms. The van der Waals surface area contributed by atoms with Gasteiger partial charge in [0.1, 0.15) is 0 Å². The molecule has 74 valence electrons. The Kier molecular flexibility index (Phi) is 5.55. The van der Waals surface area contributed by atoms with Gasteiger partial charge < -0.3 is 5.11 Å². The average Bonchev–Trinajstić information content (AvgIpc) is 2.19. The molecule has 0 fully saturated rings. The Morgan fingerprint density at radius 3 is 2.21 bits per heavy atom. The molecule has 14 heavy (non-hydrogen) atoms. The standard InChI is InChI=1S/C8H9NO2.C2H3N/c1-9(8(10)11)7-5-3-2-4-6-7;1-2-3/h2-6H,1H3,(H,10,11);1H3. The van der Waals surface area contributed by atoms with Crippen LogP contribution in [0.5, 0.6) is 0 Å². The van der Waals surface area contributed by atoms with E-state index in [1.807, 2.05) is 6.07 Å². The van der Waals surface area contributed by atoms with E-state index in [2.05, 4.69) is 0 Å². The molecule has 0 spiro atoms. The maximum Gasteiger partial charge on any atom is 0.411 e. The van der Waals surface area contributed by atoms with Crippen molar-refractivity contribution in [3.05, 3.63) is 30.3 Å². The van der Waals surface area contributed by atoms with Crippen LogP contribution in [0.1, 0.15) is 6.92 Å². The van der Waals surface area contributed by atoms with Crippen molar-refractivity contribution < 1.29 is 9.90 Å². The summed E-state index contributed by atoms with van der Waals surface area (Å²) in [7, 11) is 1.51. The summed E-state index contributed by atoms with van der Waals surface area (Å²) in [6.45, 7) is 1.43. The van der Waals surface area contributed by atoms with E-state index in [4.69, 9.17) is 10.4 Å². The molecule has 0 unspecified atom stereocenters. The molecule has 0 atom stereocenters. The second-order valence-corrected chi connectivity index (χ2v) is 2.40. The van der Waals surface area contributed by atoms with E-state index in [1.165, 1.54) is 18.9 Å². The van der Waals surface area contributed by atoms with E-state index in [0.29, 0.717) is 5.69 Å². The number of benzene rings is 1. The average molecular weight is 192 g/mol. The summed E-state index contributed by atoms with van der Waals surface area (Å²) in [5.74, 6) is 0. The van der Waals surface area contributed by atoms with Crippen molar-refractivity contribution in [1.29, 1.82) is 5.26 Å². The molecule has 0 aromatic heterocycles. The molecule has 0 saturated heterocycles. The van der Waals surface area contributed by atoms with Crippen molar-refractivity contribution in [3.8, 4) is 6.07 Å².